The second-order valence-corrected chi connectivity index (χ2v) is 7.88. The summed E-state index contributed by atoms with van der Waals surface area (Å²) in [7, 11) is 0. The number of halogens is 2. The highest BCUT2D eigenvalue weighted by Gasteiger charge is 2.17. The highest BCUT2D eigenvalue weighted by atomic mass is 19.1. The molecule has 0 saturated heterocycles. The predicted octanol–water partition coefficient (Wildman–Crippen LogP) is 4.92. The number of carbonyl (C=O) groups excluding carboxylic acids is 1. The third-order valence-corrected chi connectivity index (χ3v) is 5.73. The maximum absolute atomic E-state index is 14.4. The van der Waals surface area contributed by atoms with E-state index in [9.17, 15) is 18.4 Å². The molecule has 0 bridgehead atoms. The third-order valence-electron chi connectivity index (χ3n) is 5.73. The van der Waals surface area contributed by atoms with E-state index in [1.807, 2.05) is 30.3 Å². The molecule has 0 aliphatic carbocycles. The molecule has 0 atom stereocenters. The molecule has 1 aromatic heterocycles. The van der Waals surface area contributed by atoms with E-state index in [-0.39, 0.29) is 22.5 Å². The van der Waals surface area contributed by atoms with Gasteiger partial charge in [0.15, 0.2) is 0 Å². The van der Waals surface area contributed by atoms with E-state index in [1.165, 1.54) is 12.3 Å². The number of rotatable bonds is 8. The largest absolute Gasteiger partial charge is 0.372 e. The number of nitrogens with one attached hydrogen (secondary N) is 1. The Kier molecular flexibility index (Phi) is 7.01. The van der Waals surface area contributed by atoms with E-state index in [2.05, 4.69) is 17.1 Å². The van der Waals surface area contributed by atoms with Crippen LogP contribution in [0.4, 0.5) is 14.5 Å². The zero-order chi connectivity index (χ0) is 24.1. The Hall–Kier alpha value is -4.00. The van der Waals surface area contributed by atoms with Crippen molar-refractivity contribution in [2.75, 3.05) is 24.5 Å². The molecule has 1 heterocycles. The van der Waals surface area contributed by atoms with Crippen LogP contribution in [0.3, 0.4) is 0 Å². The van der Waals surface area contributed by atoms with Gasteiger partial charge in [-0.25, -0.2) is 8.78 Å². The molecule has 4 aromatic rings. The Labute approximate surface area is 196 Å². The molecular formula is C27H25F2N3O2. The van der Waals surface area contributed by atoms with Gasteiger partial charge in [0.1, 0.15) is 11.6 Å². The number of hydrogen-bond donors (Lipinski definition) is 1. The summed E-state index contributed by atoms with van der Waals surface area (Å²) in [6.07, 6.45) is 2.04. The van der Waals surface area contributed by atoms with Gasteiger partial charge in [-0.3, -0.25) is 14.2 Å². The fourth-order valence-electron chi connectivity index (χ4n) is 4.00. The van der Waals surface area contributed by atoms with Crippen LogP contribution in [-0.4, -0.2) is 30.1 Å². The van der Waals surface area contributed by atoms with Gasteiger partial charge in [-0.1, -0.05) is 36.4 Å². The van der Waals surface area contributed by atoms with Crippen LogP contribution in [0, 0.1) is 11.6 Å². The minimum atomic E-state index is -0.885. The average Bonchev–Trinajstić information content (AvgIpc) is 2.85. The van der Waals surface area contributed by atoms with E-state index in [4.69, 9.17) is 0 Å². The van der Waals surface area contributed by atoms with Gasteiger partial charge in [-0.05, 0) is 43.7 Å². The van der Waals surface area contributed by atoms with Crippen LogP contribution in [0.1, 0.15) is 23.7 Å². The Balaban J connectivity index is 1.56. The number of hydrogen-bond acceptors (Lipinski definition) is 3. The summed E-state index contributed by atoms with van der Waals surface area (Å²) in [5, 5.41) is 3.66. The summed E-state index contributed by atoms with van der Waals surface area (Å²) in [6, 6.07) is 19.7. The van der Waals surface area contributed by atoms with Crippen molar-refractivity contribution in [3.8, 4) is 5.69 Å². The number of aromatic nitrogens is 1. The first-order valence-electron chi connectivity index (χ1n) is 11.2. The highest BCUT2D eigenvalue weighted by molar-refractivity contribution is 6.06. The van der Waals surface area contributed by atoms with Gasteiger partial charge in [0.2, 0.25) is 0 Å². The normalized spacial score (nSPS) is 10.9. The van der Waals surface area contributed by atoms with Crippen molar-refractivity contribution in [2.24, 2.45) is 0 Å². The van der Waals surface area contributed by atoms with Crippen molar-refractivity contribution in [3.05, 3.63) is 107 Å². The number of carbonyl (C=O) groups is 1. The summed E-state index contributed by atoms with van der Waals surface area (Å²) in [4.78, 5) is 28.3. The number of benzene rings is 3. The smallest absolute Gasteiger partial charge is 0.263 e. The van der Waals surface area contributed by atoms with E-state index >= 15 is 0 Å². The fourth-order valence-corrected chi connectivity index (χ4v) is 4.00. The first kappa shape index (κ1) is 23.2. The van der Waals surface area contributed by atoms with Crippen molar-refractivity contribution in [3.63, 3.8) is 0 Å². The van der Waals surface area contributed by atoms with Gasteiger partial charge in [0, 0.05) is 48.4 Å². The Morgan fingerprint density at radius 3 is 2.38 bits per heavy atom. The Bertz CT molecular complexity index is 1370. The van der Waals surface area contributed by atoms with Gasteiger partial charge in [0.25, 0.3) is 11.5 Å². The lowest BCUT2D eigenvalue weighted by Crippen LogP contribution is -2.31. The van der Waals surface area contributed by atoms with Crippen LogP contribution in [-0.2, 0) is 0 Å². The molecule has 0 radical (unpaired) electrons. The number of pyridine rings is 1. The molecule has 5 nitrogen and oxygen atoms in total. The van der Waals surface area contributed by atoms with Gasteiger partial charge in [-0.15, -0.1) is 0 Å². The van der Waals surface area contributed by atoms with Crippen LogP contribution in [0.25, 0.3) is 16.5 Å². The van der Waals surface area contributed by atoms with Crippen molar-refractivity contribution in [2.45, 2.75) is 13.3 Å². The molecule has 1 amide bonds. The summed E-state index contributed by atoms with van der Waals surface area (Å²) < 4.78 is 28.9. The SMILES string of the molecule is CCN(CCCNC(=O)c1cn(-c2ccc(F)cc2F)c(=O)c2ccccc12)c1ccccc1. The minimum Gasteiger partial charge on any atom is -0.372 e. The highest BCUT2D eigenvalue weighted by Crippen LogP contribution is 2.20. The Morgan fingerprint density at radius 1 is 0.971 bits per heavy atom. The number of fused-ring (bicyclic) bond motifs is 1. The van der Waals surface area contributed by atoms with Crippen molar-refractivity contribution < 1.29 is 13.6 Å². The average molecular weight is 462 g/mol. The van der Waals surface area contributed by atoms with E-state index in [1.54, 1.807) is 24.3 Å². The van der Waals surface area contributed by atoms with Crippen LogP contribution < -0.4 is 15.8 Å². The fraction of sp³-hybridized carbons (Fsp3) is 0.185. The number of para-hydroxylation sites is 1. The predicted molar refractivity (Wildman–Crippen MR) is 131 cm³/mol. The van der Waals surface area contributed by atoms with Crippen molar-refractivity contribution >= 4 is 22.4 Å². The second-order valence-electron chi connectivity index (χ2n) is 7.88. The molecule has 0 aliphatic rings. The molecule has 0 aliphatic heterocycles. The lowest BCUT2D eigenvalue weighted by Gasteiger charge is -2.23. The van der Waals surface area contributed by atoms with Crippen LogP contribution in [0.2, 0.25) is 0 Å². The van der Waals surface area contributed by atoms with Crippen LogP contribution in [0.5, 0.6) is 0 Å². The van der Waals surface area contributed by atoms with Crippen molar-refractivity contribution in [1.29, 1.82) is 0 Å². The lowest BCUT2D eigenvalue weighted by atomic mass is 10.1. The van der Waals surface area contributed by atoms with Crippen molar-refractivity contribution in [1.82, 2.24) is 9.88 Å². The monoisotopic (exact) mass is 461 g/mol. The zero-order valence-electron chi connectivity index (χ0n) is 18.8. The van der Waals surface area contributed by atoms with E-state index in [0.29, 0.717) is 18.0 Å². The van der Waals surface area contributed by atoms with Crippen LogP contribution in [0.15, 0.2) is 83.8 Å². The maximum atomic E-state index is 14.4. The minimum absolute atomic E-state index is 0.118. The summed E-state index contributed by atoms with van der Waals surface area (Å²) in [6.45, 7) is 4.12. The number of nitrogens with zero attached hydrogens (tertiary/aromatic N) is 2. The molecule has 4 rings (SSSR count). The zero-order valence-corrected chi connectivity index (χ0v) is 18.8. The molecule has 7 heteroatoms. The van der Waals surface area contributed by atoms with E-state index < -0.39 is 17.2 Å². The summed E-state index contributed by atoms with van der Waals surface area (Å²) >= 11 is 0. The molecule has 174 valence electrons. The number of amides is 1. The summed E-state index contributed by atoms with van der Waals surface area (Å²) in [5.41, 5.74) is 0.761. The molecule has 0 saturated carbocycles. The Morgan fingerprint density at radius 2 is 1.68 bits per heavy atom. The standard InChI is InChI=1S/C27H25F2N3O2/c1-2-31(20-9-4-3-5-10-20)16-8-15-30-26(33)23-18-32(25-14-13-19(28)17-24(25)29)27(34)22-12-7-6-11-21(22)23/h3-7,9-14,17-18H,2,8,15-16H2,1H3,(H,30,33). The molecule has 0 fully saturated rings. The van der Waals surface area contributed by atoms with Gasteiger partial charge >= 0.3 is 0 Å². The number of anilines is 1. The maximum Gasteiger partial charge on any atom is 0.263 e. The van der Waals surface area contributed by atoms with E-state index in [0.717, 1.165) is 35.8 Å². The van der Waals surface area contributed by atoms with Gasteiger partial charge in [0.05, 0.1) is 11.3 Å². The third kappa shape index (κ3) is 4.83. The first-order chi connectivity index (χ1) is 16.5. The van der Waals surface area contributed by atoms with Crippen LogP contribution >= 0.6 is 0 Å². The quantitative estimate of drug-likeness (QED) is 0.379. The molecule has 34 heavy (non-hydrogen) atoms. The molecule has 0 unspecified atom stereocenters. The molecular weight excluding hydrogens is 436 g/mol. The van der Waals surface area contributed by atoms with Gasteiger partial charge < -0.3 is 10.2 Å². The lowest BCUT2D eigenvalue weighted by molar-refractivity contribution is 0.0954. The topological polar surface area (TPSA) is 54.3 Å². The summed E-state index contributed by atoms with van der Waals surface area (Å²) in [5.74, 6) is -2.00. The first-order valence-corrected chi connectivity index (χ1v) is 11.2. The van der Waals surface area contributed by atoms with Gasteiger partial charge in [-0.2, -0.15) is 0 Å². The molecule has 3 aromatic carbocycles. The molecule has 1 N–H and O–H groups in total. The second kappa shape index (κ2) is 10.3. The molecule has 0 spiro atoms.